The molecule has 0 saturated carbocycles. The number of carbonyl (C=O) groups excluding carboxylic acids is 3. The Morgan fingerprint density at radius 2 is 2.07 bits per heavy atom. The van der Waals surface area contributed by atoms with E-state index in [1.807, 2.05) is 0 Å². The highest BCUT2D eigenvalue weighted by molar-refractivity contribution is 7.80. The molecule has 0 spiro atoms. The third kappa shape index (κ3) is 5.77. The van der Waals surface area contributed by atoms with Crippen LogP contribution in [-0.4, -0.2) is 91.3 Å². The van der Waals surface area contributed by atoms with Crippen molar-refractivity contribution >= 4 is 34.6 Å². The summed E-state index contributed by atoms with van der Waals surface area (Å²) in [6, 6.07) is -2.33. The summed E-state index contributed by atoms with van der Waals surface area (Å²) in [6.07, 6.45) is 2.17. The van der Waals surface area contributed by atoms with Crippen LogP contribution in [0.25, 0.3) is 0 Å². The summed E-state index contributed by atoms with van der Waals surface area (Å²) in [7, 11) is -1.26. The summed E-state index contributed by atoms with van der Waals surface area (Å²) in [4.78, 5) is 43.0. The molecule has 3 N–H and O–H groups in total. The molecule has 0 aromatic carbocycles. The molecule has 0 unspecified atom stereocenters. The van der Waals surface area contributed by atoms with Crippen molar-refractivity contribution in [3.63, 3.8) is 0 Å². The molecule has 2 fully saturated rings. The van der Waals surface area contributed by atoms with Gasteiger partial charge in [-0.25, -0.2) is 4.79 Å². The standard InChI is InChI=1S/C13H22N6O7S/c1-17(2)8-14-6-5-11(20)15-16-12(21)10-4-3-9-7-18(10)13(22)19(9)26-27(23,24)25/h8-10H,3-7H2,1-2H3,(H,15,20)(H,16,21)(H,23,24,25)/t9-,10+/m1/s1. The highest BCUT2D eigenvalue weighted by atomic mass is 32.3. The number of amides is 4. The zero-order valence-electron chi connectivity index (χ0n) is 14.9. The number of fused-ring (bicyclic) bond motifs is 2. The van der Waals surface area contributed by atoms with Crippen molar-refractivity contribution in [3.8, 4) is 0 Å². The molecule has 27 heavy (non-hydrogen) atoms. The molecule has 152 valence electrons. The Labute approximate surface area is 156 Å². The smallest absolute Gasteiger partial charge is 0.369 e. The van der Waals surface area contributed by atoms with E-state index >= 15 is 0 Å². The average Bonchev–Trinajstić information content (AvgIpc) is 2.80. The maximum atomic E-state index is 12.3. The molecule has 2 atom stereocenters. The molecule has 0 aromatic rings. The van der Waals surface area contributed by atoms with Crippen molar-refractivity contribution in [1.29, 1.82) is 0 Å². The van der Waals surface area contributed by atoms with Gasteiger partial charge in [0, 0.05) is 33.6 Å². The third-order valence-electron chi connectivity index (χ3n) is 3.91. The molecule has 2 rings (SSSR count). The van der Waals surface area contributed by atoms with Gasteiger partial charge in [0.15, 0.2) is 0 Å². The molecular formula is C13H22N6O7S. The fourth-order valence-electron chi connectivity index (χ4n) is 2.77. The van der Waals surface area contributed by atoms with E-state index in [1.54, 1.807) is 25.3 Å². The van der Waals surface area contributed by atoms with Gasteiger partial charge < -0.3 is 9.80 Å². The molecule has 2 saturated heterocycles. The van der Waals surface area contributed by atoms with Gasteiger partial charge in [0.05, 0.1) is 12.4 Å². The number of nitrogens with zero attached hydrogens (tertiary/aromatic N) is 4. The van der Waals surface area contributed by atoms with Crippen molar-refractivity contribution in [1.82, 2.24) is 25.7 Å². The summed E-state index contributed by atoms with van der Waals surface area (Å²) in [5.74, 6) is -1.06. The quantitative estimate of drug-likeness (QED) is 0.191. The second-order valence-corrected chi connectivity index (χ2v) is 7.29. The highest BCUT2D eigenvalue weighted by Gasteiger charge is 2.49. The number of hydrogen-bond acceptors (Lipinski definition) is 7. The number of hydrogen-bond donors (Lipinski definition) is 3. The van der Waals surface area contributed by atoms with E-state index in [-0.39, 0.29) is 25.9 Å². The monoisotopic (exact) mass is 406 g/mol. The Balaban J connectivity index is 1.84. The lowest BCUT2D eigenvalue weighted by Crippen LogP contribution is -2.54. The second kappa shape index (κ2) is 8.49. The van der Waals surface area contributed by atoms with E-state index in [0.717, 1.165) is 4.90 Å². The molecule has 4 amide bonds. The predicted molar refractivity (Wildman–Crippen MR) is 91.3 cm³/mol. The van der Waals surface area contributed by atoms with E-state index in [1.165, 1.54) is 0 Å². The predicted octanol–water partition coefficient (Wildman–Crippen LogP) is -1.88. The van der Waals surface area contributed by atoms with Gasteiger partial charge >= 0.3 is 16.4 Å². The van der Waals surface area contributed by atoms with Crippen molar-refractivity contribution < 1.29 is 31.6 Å². The van der Waals surface area contributed by atoms with Crippen LogP contribution in [0.4, 0.5) is 4.79 Å². The largest absolute Gasteiger partial charge is 0.418 e. The minimum absolute atomic E-state index is 0.0655. The van der Waals surface area contributed by atoms with E-state index in [4.69, 9.17) is 4.55 Å². The Hall–Kier alpha value is -2.45. The van der Waals surface area contributed by atoms with Crippen LogP contribution in [0.15, 0.2) is 4.99 Å². The number of aliphatic imine (C=N–C) groups is 1. The number of nitrogens with one attached hydrogen (secondary N) is 2. The van der Waals surface area contributed by atoms with Gasteiger partial charge in [-0.2, -0.15) is 13.5 Å². The second-order valence-electron chi connectivity index (χ2n) is 6.28. The van der Waals surface area contributed by atoms with Crippen LogP contribution >= 0.6 is 0 Å². The van der Waals surface area contributed by atoms with Crippen LogP contribution in [0.5, 0.6) is 0 Å². The van der Waals surface area contributed by atoms with Gasteiger partial charge in [0.25, 0.3) is 5.91 Å². The first-order valence-electron chi connectivity index (χ1n) is 8.10. The molecule has 2 aliphatic rings. The average molecular weight is 406 g/mol. The molecular weight excluding hydrogens is 384 g/mol. The molecule has 2 bridgehead atoms. The Morgan fingerprint density at radius 1 is 1.37 bits per heavy atom. The minimum atomic E-state index is -4.85. The van der Waals surface area contributed by atoms with Crippen LogP contribution in [0.3, 0.4) is 0 Å². The molecule has 0 aliphatic carbocycles. The molecule has 2 heterocycles. The minimum Gasteiger partial charge on any atom is -0.369 e. The van der Waals surface area contributed by atoms with Gasteiger partial charge in [-0.15, -0.1) is 4.28 Å². The SMILES string of the molecule is CN(C)C=NCCC(=O)NNC(=O)[C@@H]1CC[C@@H]2CN1C(=O)N2OS(=O)(=O)O. The summed E-state index contributed by atoms with van der Waals surface area (Å²) in [5, 5.41) is 0.546. The normalized spacial score (nSPS) is 22.3. The van der Waals surface area contributed by atoms with Gasteiger partial charge in [-0.3, -0.25) is 30.0 Å². The Kier molecular flexibility index (Phi) is 6.56. The van der Waals surface area contributed by atoms with Gasteiger partial charge in [-0.1, -0.05) is 0 Å². The Morgan fingerprint density at radius 3 is 2.70 bits per heavy atom. The van der Waals surface area contributed by atoms with Crippen molar-refractivity contribution in [2.75, 3.05) is 27.2 Å². The maximum Gasteiger partial charge on any atom is 0.418 e. The first kappa shape index (κ1) is 20.9. The highest BCUT2D eigenvalue weighted by Crippen LogP contribution is 2.30. The van der Waals surface area contributed by atoms with Crippen molar-refractivity contribution in [2.45, 2.75) is 31.3 Å². The molecule has 2 aliphatic heterocycles. The molecule has 13 nitrogen and oxygen atoms in total. The van der Waals surface area contributed by atoms with Crippen LogP contribution in [0.1, 0.15) is 19.3 Å². The Bertz CT molecular complexity index is 725. The number of carbonyl (C=O) groups is 3. The van der Waals surface area contributed by atoms with Crippen LogP contribution < -0.4 is 10.9 Å². The van der Waals surface area contributed by atoms with Gasteiger partial charge in [-0.05, 0) is 12.8 Å². The maximum absolute atomic E-state index is 12.3. The summed E-state index contributed by atoms with van der Waals surface area (Å²) in [6.45, 7) is 0.317. The zero-order chi connectivity index (χ0) is 20.2. The molecule has 0 radical (unpaired) electrons. The number of piperidine rings is 1. The fraction of sp³-hybridized carbons (Fsp3) is 0.692. The fourth-order valence-corrected chi connectivity index (χ4v) is 3.16. The van der Waals surface area contributed by atoms with Crippen LogP contribution in [0, 0.1) is 0 Å². The van der Waals surface area contributed by atoms with Gasteiger partial charge in [0.2, 0.25) is 5.91 Å². The lowest BCUT2D eigenvalue weighted by atomic mass is 10.0. The number of hydrazine groups is 1. The number of urea groups is 1. The lowest BCUT2D eigenvalue weighted by molar-refractivity contribution is -0.131. The summed E-state index contributed by atoms with van der Waals surface area (Å²) < 4.78 is 34.7. The van der Waals surface area contributed by atoms with Crippen molar-refractivity contribution in [2.24, 2.45) is 4.99 Å². The molecule has 0 aromatic heterocycles. The number of rotatable bonds is 7. The molecule has 14 heteroatoms. The summed E-state index contributed by atoms with van der Waals surface area (Å²) in [5.41, 5.74) is 4.49. The zero-order valence-corrected chi connectivity index (χ0v) is 15.7. The lowest BCUT2D eigenvalue weighted by Gasteiger charge is -2.29. The van der Waals surface area contributed by atoms with E-state index in [2.05, 4.69) is 20.1 Å². The topological polar surface area (TPSA) is 161 Å². The third-order valence-corrected chi connectivity index (χ3v) is 4.25. The van der Waals surface area contributed by atoms with Crippen LogP contribution in [-0.2, 0) is 24.3 Å². The van der Waals surface area contributed by atoms with Crippen molar-refractivity contribution in [3.05, 3.63) is 0 Å². The van der Waals surface area contributed by atoms with E-state index in [9.17, 15) is 22.8 Å². The van der Waals surface area contributed by atoms with E-state index < -0.39 is 40.3 Å². The summed E-state index contributed by atoms with van der Waals surface area (Å²) >= 11 is 0. The first-order valence-corrected chi connectivity index (χ1v) is 9.47. The van der Waals surface area contributed by atoms with E-state index in [0.29, 0.717) is 11.5 Å². The number of hydroxylamine groups is 2. The first-order chi connectivity index (χ1) is 12.6. The van der Waals surface area contributed by atoms with Gasteiger partial charge in [0.1, 0.15) is 6.04 Å². The van der Waals surface area contributed by atoms with Crippen LogP contribution in [0.2, 0.25) is 0 Å².